The lowest BCUT2D eigenvalue weighted by Gasteiger charge is -2.25. The standard InChI is InChI=1S/C18H21ClN2O3S2/c19-13-6-8-14(9-7-13)21-15-10-26(23,24)11-16(15)25-18(21)20-17(22)12-4-2-1-3-5-12/h6-9,12,15-16H,1-5,10-11H2/t15-,16+/m1/s1. The minimum absolute atomic E-state index is 0.00749. The van der Waals surface area contributed by atoms with Gasteiger partial charge in [0.2, 0.25) is 0 Å². The summed E-state index contributed by atoms with van der Waals surface area (Å²) in [7, 11) is -3.06. The second-order valence-corrected chi connectivity index (χ2v) is 11.0. The predicted octanol–water partition coefficient (Wildman–Crippen LogP) is 3.52. The highest BCUT2D eigenvalue weighted by Gasteiger charge is 2.49. The largest absolute Gasteiger partial charge is 0.316 e. The van der Waals surface area contributed by atoms with Crippen LogP contribution in [0.25, 0.3) is 0 Å². The molecule has 0 N–H and O–H groups in total. The Morgan fingerprint density at radius 1 is 1.12 bits per heavy atom. The van der Waals surface area contributed by atoms with E-state index < -0.39 is 9.84 Å². The zero-order valence-corrected chi connectivity index (χ0v) is 16.7. The number of carbonyl (C=O) groups excluding carboxylic acids is 1. The van der Waals surface area contributed by atoms with Gasteiger partial charge in [0.1, 0.15) is 0 Å². The van der Waals surface area contributed by atoms with Gasteiger partial charge in [-0.1, -0.05) is 42.6 Å². The van der Waals surface area contributed by atoms with Crippen molar-refractivity contribution in [1.29, 1.82) is 0 Å². The molecule has 1 aromatic rings. The number of carbonyl (C=O) groups is 1. The van der Waals surface area contributed by atoms with Crippen molar-refractivity contribution < 1.29 is 13.2 Å². The van der Waals surface area contributed by atoms with Crippen LogP contribution in [0, 0.1) is 5.92 Å². The Morgan fingerprint density at radius 3 is 2.50 bits per heavy atom. The molecule has 3 aliphatic rings. The van der Waals surface area contributed by atoms with Crippen LogP contribution < -0.4 is 4.90 Å². The van der Waals surface area contributed by atoms with Gasteiger partial charge in [0, 0.05) is 21.9 Å². The number of hydrogen-bond acceptors (Lipinski definition) is 4. The van der Waals surface area contributed by atoms with Crippen LogP contribution in [0.1, 0.15) is 32.1 Å². The third-order valence-electron chi connectivity index (χ3n) is 5.33. The number of halogens is 1. The second-order valence-electron chi connectivity index (χ2n) is 7.21. The van der Waals surface area contributed by atoms with Crippen LogP contribution in [0.3, 0.4) is 0 Å². The molecule has 1 aliphatic carbocycles. The Labute approximate surface area is 163 Å². The number of hydrogen-bond donors (Lipinski definition) is 0. The fourth-order valence-electron chi connectivity index (χ4n) is 4.00. The Kier molecular flexibility index (Phi) is 5.05. The van der Waals surface area contributed by atoms with Gasteiger partial charge in [0.25, 0.3) is 5.91 Å². The Balaban J connectivity index is 1.65. The normalized spacial score (nSPS) is 29.9. The summed E-state index contributed by atoms with van der Waals surface area (Å²) in [6.07, 6.45) is 5.16. The molecule has 2 aliphatic heterocycles. The van der Waals surface area contributed by atoms with Crippen molar-refractivity contribution in [3.8, 4) is 0 Å². The van der Waals surface area contributed by atoms with Crippen molar-refractivity contribution in [2.24, 2.45) is 10.9 Å². The van der Waals surface area contributed by atoms with Crippen molar-refractivity contribution in [2.75, 3.05) is 16.4 Å². The number of rotatable bonds is 2. The van der Waals surface area contributed by atoms with Gasteiger partial charge in [-0.25, -0.2) is 8.42 Å². The van der Waals surface area contributed by atoms with E-state index in [9.17, 15) is 13.2 Å². The Morgan fingerprint density at radius 2 is 1.81 bits per heavy atom. The molecular weight excluding hydrogens is 392 g/mol. The van der Waals surface area contributed by atoms with Gasteiger partial charge in [0.05, 0.1) is 17.5 Å². The molecule has 140 valence electrons. The molecule has 5 nitrogen and oxygen atoms in total. The smallest absolute Gasteiger partial charge is 0.251 e. The first-order chi connectivity index (χ1) is 12.4. The van der Waals surface area contributed by atoms with Crippen molar-refractivity contribution in [3.05, 3.63) is 29.3 Å². The molecule has 4 rings (SSSR count). The summed E-state index contributed by atoms with van der Waals surface area (Å²) in [5, 5.41) is 1.18. The van der Waals surface area contributed by atoms with Gasteiger partial charge >= 0.3 is 0 Å². The molecule has 0 spiro atoms. The highest BCUT2D eigenvalue weighted by atomic mass is 35.5. The molecule has 0 unspecified atom stereocenters. The summed E-state index contributed by atoms with van der Waals surface area (Å²) >= 11 is 7.42. The predicted molar refractivity (Wildman–Crippen MR) is 107 cm³/mol. The maximum absolute atomic E-state index is 12.7. The van der Waals surface area contributed by atoms with E-state index in [0.29, 0.717) is 10.2 Å². The summed E-state index contributed by atoms with van der Waals surface area (Å²) in [6, 6.07) is 7.09. The third-order valence-corrected chi connectivity index (χ3v) is 8.79. The molecule has 0 radical (unpaired) electrons. The molecule has 2 saturated heterocycles. The lowest BCUT2D eigenvalue weighted by Crippen LogP contribution is -2.38. The van der Waals surface area contributed by atoms with Gasteiger partial charge in [-0.15, -0.1) is 0 Å². The summed E-state index contributed by atoms with van der Waals surface area (Å²) in [4.78, 5) is 19.0. The molecule has 1 aromatic carbocycles. The fourth-order valence-corrected chi connectivity index (χ4v) is 8.05. The third kappa shape index (κ3) is 3.66. The number of benzene rings is 1. The van der Waals surface area contributed by atoms with Crippen molar-refractivity contribution in [3.63, 3.8) is 0 Å². The minimum atomic E-state index is -3.06. The van der Waals surface area contributed by atoms with Crippen LogP contribution >= 0.6 is 23.4 Å². The van der Waals surface area contributed by atoms with E-state index in [1.807, 2.05) is 17.0 Å². The highest BCUT2D eigenvalue weighted by molar-refractivity contribution is 8.16. The maximum Gasteiger partial charge on any atom is 0.251 e. The van der Waals surface area contributed by atoms with E-state index in [1.165, 1.54) is 18.2 Å². The first kappa shape index (κ1) is 18.3. The van der Waals surface area contributed by atoms with Crippen LogP contribution in [-0.2, 0) is 14.6 Å². The Hall–Kier alpha value is -1.05. The van der Waals surface area contributed by atoms with Crippen molar-refractivity contribution >= 4 is 50.0 Å². The quantitative estimate of drug-likeness (QED) is 0.743. The SMILES string of the molecule is O=C(N=C1S[C@H]2CS(=O)(=O)C[C@H]2N1c1ccc(Cl)cc1)C1CCCCC1. The number of sulfone groups is 1. The molecule has 3 fully saturated rings. The zero-order chi connectivity index (χ0) is 18.3. The molecule has 1 saturated carbocycles. The van der Waals surface area contributed by atoms with Crippen LogP contribution in [0.2, 0.25) is 5.02 Å². The topological polar surface area (TPSA) is 66.8 Å². The monoisotopic (exact) mass is 412 g/mol. The summed E-state index contributed by atoms with van der Waals surface area (Å²) in [6.45, 7) is 0. The van der Waals surface area contributed by atoms with Gasteiger partial charge in [-0.05, 0) is 37.1 Å². The van der Waals surface area contributed by atoms with E-state index >= 15 is 0 Å². The number of fused-ring (bicyclic) bond motifs is 1. The maximum atomic E-state index is 12.7. The fraction of sp³-hybridized carbons (Fsp3) is 0.556. The average molecular weight is 413 g/mol. The highest BCUT2D eigenvalue weighted by Crippen LogP contribution is 2.41. The molecule has 1 amide bonds. The number of aliphatic imine (C=N–C) groups is 1. The molecular formula is C18H21ClN2O3S2. The van der Waals surface area contributed by atoms with Gasteiger partial charge in [-0.3, -0.25) is 4.79 Å². The van der Waals surface area contributed by atoms with E-state index in [2.05, 4.69) is 4.99 Å². The van der Waals surface area contributed by atoms with E-state index in [1.54, 1.807) is 12.1 Å². The van der Waals surface area contributed by atoms with Crippen LogP contribution in [0.15, 0.2) is 29.3 Å². The number of nitrogens with zero attached hydrogens (tertiary/aromatic N) is 2. The number of amides is 1. The number of anilines is 1. The van der Waals surface area contributed by atoms with Crippen molar-refractivity contribution in [1.82, 2.24) is 0 Å². The summed E-state index contributed by atoms with van der Waals surface area (Å²) < 4.78 is 24.2. The lowest BCUT2D eigenvalue weighted by atomic mass is 9.89. The van der Waals surface area contributed by atoms with Gasteiger partial charge in [0.15, 0.2) is 15.0 Å². The summed E-state index contributed by atoms with van der Waals surface area (Å²) in [5.74, 6) is 0.189. The molecule has 26 heavy (non-hydrogen) atoms. The van der Waals surface area contributed by atoms with E-state index in [4.69, 9.17) is 11.6 Å². The molecule has 0 aromatic heterocycles. The van der Waals surface area contributed by atoms with Crippen LogP contribution in [0.4, 0.5) is 5.69 Å². The minimum Gasteiger partial charge on any atom is -0.316 e. The van der Waals surface area contributed by atoms with Gasteiger partial charge in [-0.2, -0.15) is 4.99 Å². The summed E-state index contributed by atoms with van der Waals surface area (Å²) in [5.41, 5.74) is 0.835. The van der Waals surface area contributed by atoms with Crippen molar-refractivity contribution in [2.45, 2.75) is 43.4 Å². The number of amidine groups is 1. The average Bonchev–Trinajstić information content (AvgIpc) is 3.07. The molecule has 0 bridgehead atoms. The first-order valence-electron chi connectivity index (χ1n) is 8.97. The van der Waals surface area contributed by atoms with Crippen LogP contribution in [-0.4, -0.2) is 42.3 Å². The van der Waals surface area contributed by atoms with Gasteiger partial charge < -0.3 is 4.90 Å². The first-order valence-corrected chi connectivity index (χ1v) is 12.1. The number of thioether (sulfide) groups is 1. The Bertz CT molecular complexity index is 832. The van der Waals surface area contributed by atoms with E-state index in [0.717, 1.165) is 31.4 Å². The molecule has 2 heterocycles. The van der Waals surface area contributed by atoms with Crippen LogP contribution in [0.5, 0.6) is 0 Å². The zero-order valence-electron chi connectivity index (χ0n) is 14.3. The van der Waals surface area contributed by atoms with E-state index in [-0.39, 0.29) is 34.6 Å². The molecule has 8 heteroatoms. The second kappa shape index (κ2) is 7.17. The lowest BCUT2D eigenvalue weighted by molar-refractivity contribution is -0.122. The molecule has 2 atom stereocenters.